The van der Waals surface area contributed by atoms with Crippen molar-refractivity contribution in [2.75, 3.05) is 26.4 Å². The third-order valence-corrected chi connectivity index (χ3v) is 7.65. The topological polar surface area (TPSA) is 118 Å². The van der Waals surface area contributed by atoms with E-state index < -0.39 is 20.5 Å². The zero-order chi connectivity index (χ0) is 21.5. The van der Waals surface area contributed by atoms with Crippen LogP contribution in [0.2, 0.25) is 0 Å². The molecule has 2 aromatic rings. The van der Waals surface area contributed by atoms with Crippen LogP contribution in [-0.4, -0.2) is 50.5 Å². The second-order valence-corrected chi connectivity index (χ2v) is 9.32. The minimum atomic E-state index is -3.93. The fourth-order valence-corrected chi connectivity index (χ4v) is 5.22. The largest absolute Gasteiger partial charge is 0.494 e. The highest BCUT2D eigenvalue weighted by molar-refractivity contribution is 7.93. The Kier molecular flexibility index (Phi) is 7.41. The number of rotatable bonds is 10. The SMILES string of the molecule is NC(=O)C1(S(=O)(=O)c2ccc(OCCCOCc3ccncc3)cc2)CCOCC1. The molecule has 0 bridgehead atoms. The van der Waals surface area contributed by atoms with Gasteiger partial charge in [0.25, 0.3) is 0 Å². The van der Waals surface area contributed by atoms with E-state index in [1.54, 1.807) is 24.5 Å². The fourth-order valence-electron chi connectivity index (χ4n) is 3.31. The van der Waals surface area contributed by atoms with E-state index in [1.165, 1.54) is 12.1 Å². The van der Waals surface area contributed by atoms with Crippen LogP contribution in [0, 0.1) is 0 Å². The average Bonchev–Trinajstić information content (AvgIpc) is 2.77. The molecule has 30 heavy (non-hydrogen) atoms. The second kappa shape index (κ2) is 10.0. The summed E-state index contributed by atoms with van der Waals surface area (Å²) in [6, 6.07) is 9.86. The molecule has 1 fully saturated rings. The maximum atomic E-state index is 13.1. The van der Waals surface area contributed by atoms with Gasteiger partial charge in [-0.3, -0.25) is 9.78 Å². The summed E-state index contributed by atoms with van der Waals surface area (Å²) < 4.78 is 41.0. The Labute approximate surface area is 176 Å². The number of amides is 1. The lowest BCUT2D eigenvalue weighted by Gasteiger charge is -2.33. The summed E-state index contributed by atoms with van der Waals surface area (Å²) in [4.78, 5) is 16.0. The first-order valence-corrected chi connectivity index (χ1v) is 11.3. The van der Waals surface area contributed by atoms with E-state index in [9.17, 15) is 13.2 Å². The molecule has 0 aliphatic carbocycles. The zero-order valence-electron chi connectivity index (χ0n) is 16.7. The van der Waals surface area contributed by atoms with Crippen LogP contribution >= 0.6 is 0 Å². The van der Waals surface area contributed by atoms with Gasteiger partial charge in [-0.2, -0.15) is 0 Å². The molecule has 0 spiro atoms. The van der Waals surface area contributed by atoms with Crippen molar-refractivity contribution in [1.82, 2.24) is 4.98 Å². The number of carbonyl (C=O) groups is 1. The number of primary amides is 1. The van der Waals surface area contributed by atoms with Crippen molar-refractivity contribution in [1.29, 1.82) is 0 Å². The van der Waals surface area contributed by atoms with Gasteiger partial charge >= 0.3 is 0 Å². The first-order valence-electron chi connectivity index (χ1n) is 9.77. The Morgan fingerprint density at radius 1 is 1.07 bits per heavy atom. The Bertz CT molecular complexity index is 926. The van der Waals surface area contributed by atoms with Crippen molar-refractivity contribution < 1.29 is 27.4 Å². The molecular formula is C21H26N2O6S. The van der Waals surface area contributed by atoms with Gasteiger partial charge in [0.15, 0.2) is 14.6 Å². The molecule has 1 aliphatic heterocycles. The van der Waals surface area contributed by atoms with Crippen molar-refractivity contribution in [3.8, 4) is 5.75 Å². The third-order valence-electron chi connectivity index (χ3n) is 5.12. The molecule has 2 heterocycles. The van der Waals surface area contributed by atoms with Crippen molar-refractivity contribution in [3.05, 3.63) is 54.4 Å². The summed E-state index contributed by atoms with van der Waals surface area (Å²) in [6.07, 6.45) is 4.25. The van der Waals surface area contributed by atoms with Crippen LogP contribution in [0.3, 0.4) is 0 Å². The molecule has 0 atom stereocenters. The van der Waals surface area contributed by atoms with E-state index >= 15 is 0 Å². The predicted octanol–water partition coefficient (Wildman–Crippen LogP) is 1.88. The number of ether oxygens (including phenoxy) is 3. The van der Waals surface area contributed by atoms with Crippen LogP contribution in [0.5, 0.6) is 5.75 Å². The van der Waals surface area contributed by atoms with Gasteiger partial charge in [0.2, 0.25) is 5.91 Å². The normalized spacial score (nSPS) is 16.1. The summed E-state index contributed by atoms with van der Waals surface area (Å²) in [6.45, 7) is 1.86. The standard InChI is InChI=1S/C21H26N2O6S/c22-20(24)21(8-14-27-15-9-21)30(25,26)19-4-2-18(3-5-19)29-13-1-12-28-16-17-6-10-23-11-7-17/h2-7,10-11H,1,8-9,12-16H2,(H2,22,24). The van der Waals surface area contributed by atoms with Gasteiger partial charge in [0.05, 0.1) is 24.7 Å². The molecule has 9 heteroatoms. The van der Waals surface area contributed by atoms with Gasteiger partial charge in [-0.15, -0.1) is 0 Å². The highest BCUT2D eigenvalue weighted by Gasteiger charge is 2.51. The van der Waals surface area contributed by atoms with Crippen LogP contribution in [0.15, 0.2) is 53.7 Å². The van der Waals surface area contributed by atoms with Gasteiger partial charge in [0.1, 0.15) is 5.75 Å². The highest BCUT2D eigenvalue weighted by atomic mass is 32.2. The van der Waals surface area contributed by atoms with E-state index in [0.29, 0.717) is 32.0 Å². The molecule has 0 unspecified atom stereocenters. The van der Waals surface area contributed by atoms with Crippen LogP contribution < -0.4 is 10.5 Å². The minimum absolute atomic E-state index is 0.0521. The summed E-state index contributed by atoms with van der Waals surface area (Å²) in [5.74, 6) is -0.291. The van der Waals surface area contributed by atoms with Crippen molar-refractivity contribution in [2.45, 2.75) is 35.5 Å². The Morgan fingerprint density at radius 3 is 2.37 bits per heavy atom. The predicted molar refractivity (Wildman–Crippen MR) is 110 cm³/mol. The van der Waals surface area contributed by atoms with Crippen molar-refractivity contribution >= 4 is 15.7 Å². The zero-order valence-corrected chi connectivity index (χ0v) is 17.5. The fraction of sp³-hybridized carbons (Fsp3) is 0.429. The van der Waals surface area contributed by atoms with E-state index in [0.717, 1.165) is 5.56 Å². The van der Waals surface area contributed by atoms with Gasteiger partial charge in [-0.1, -0.05) is 0 Å². The Morgan fingerprint density at radius 2 is 1.73 bits per heavy atom. The number of hydrogen-bond donors (Lipinski definition) is 1. The average molecular weight is 435 g/mol. The van der Waals surface area contributed by atoms with Gasteiger partial charge in [-0.05, 0) is 54.8 Å². The van der Waals surface area contributed by atoms with Crippen molar-refractivity contribution in [2.24, 2.45) is 5.73 Å². The number of carbonyl (C=O) groups excluding carboxylic acids is 1. The van der Waals surface area contributed by atoms with E-state index in [2.05, 4.69) is 4.98 Å². The van der Waals surface area contributed by atoms with Crippen LogP contribution in [0.25, 0.3) is 0 Å². The van der Waals surface area contributed by atoms with Gasteiger partial charge < -0.3 is 19.9 Å². The number of aromatic nitrogens is 1. The molecule has 0 radical (unpaired) electrons. The first-order chi connectivity index (χ1) is 14.5. The Balaban J connectivity index is 1.51. The van der Waals surface area contributed by atoms with Crippen LogP contribution in [0.1, 0.15) is 24.8 Å². The van der Waals surface area contributed by atoms with Gasteiger partial charge in [-0.25, -0.2) is 8.42 Å². The lowest BCUT2D eigenvalue weighted by molar-refractivity contribution is -0.122. The van der Waals surface area contributed by atoms with E-state index in [4.69, 9.17) is 19.9 Å². The summed E-state index contributed by atoms with van der Waals surface area (Å²) in [5.41, 5.74) is 6.54. The lowest BCUT2D eigenvalue weighted by Crippen LogP contribution is -2.53. The summed E-state index contributed by atoms with van der Waals surface area (Å²) in [5, 5.41) is 0. The number of nitrogens with two attached hydrogens (primary N) is 1. The Hall–Kier alpha value is -2.49. The van der Waals surface area contributed by atoms with Gasteiger partial charge in [0, 0.05) is 32.0 Å². The molecule has 1 aromatic carbocycles. The number of nitrogens with zero attached hydrogens (tertiary/aromatic N) is 1. The van der Waals surface area contributed by atoms with Crippen LogP contribution in [0.4, 0.5) is 0 Å². The second-order valence-electron chi connectivity index (χ2n) is 7.06. The number of pyridine rings is 1. The summed E-state index contributed by atoms with van der Waals surface area (Å²) >= 11 is 0. The maximum Gasteiger partial charge on any atom is 0.239 e. The monoisotopic (exact) mass is 434 g/mol. The molecule has 2 N–H and O–H groups in total. The van der Waals surface area contributed by atoms with Crippen molar-refractivity contribution in [3.63, 3.8) is 0 Å². The van der Waals surface area contributed by atoms with E-state index in [1.807, 2.05) is 12.1 Å². The molecule has 0 saturated carbocycles. The molecule has 8 nitrogen and oxygen atoms in total. The van der Waals surface area contributed by atoms with E-state index in [-0.39, 0.29) is 31.0 Å². The summed E-state index contributed by atoms with van der Waals surface area (Å²) in [7, 11) is -3.93. The molecule has 3 rings (SSSR count). The minimum Gasteiger partial charge on any atom is -0.494 e. The number of sulfone groups is 1. The highest BCUT2D eigenvalue weighted by Crippen LogP contribution is 2.35. The quantitative estimate of drug-likeness (QED) is 0.567. The maximum absolute atomic E-state index is 13.1. The molecule has 1 aromatic heterocycles. The third kappa shape index (κ3) is 4.97. The smallest absolute Gasteiger partial charge is 0.239 e. The molecule has 162 valence electrons. The molecule has 1 amide bonds. The molecule has 1 saturated heterocycles. The molecular weight excluding hydrogens is 408 g/mol. The first kappa shape index (κ1) is 22.2. The lowest BCUT2D eigenvalue weighted by atomic mass is 9.98. The number of hydrogen-bond acceptors (Lipinski definition) is 7. The number of benzene rings is 1. The molecule has 1 aliphatic rings. The van der Waals surface area contributed by atoms with Crippen LogP contribution in [-0.2, 0) is 30.7 Å².